The number of unbranched alkanes of at least 4 members (excludes halogenated alkanes) is 2. The number of rotatable bonds is 50. The minimum atomic E-state index is -2.03. The first-order valence-corrected chi connectivity index (χ1v) is 36.5. The lowest BCUT2D eigenvalue weighted by molar-refractivity contribution is -0.172. The molecule has 3 aliphatic heterocycles. The second-order valence-corrected chi connectivity index (χ2v) is 26.5. The average Bonchev–Trinajstić information content (AvgIpc) is 1.62. The van der Waals surface area contributed by atoms with Crippen LogP contribution < -0.4 is 10.9 Å². The number of phenols is 1. The maximum Gasteiger partial charge on any atom is 0.510 e. The molecule has 29 heteroatoms. The molecular weight excluding hydrogens is 1360 g/mol. The molecule has 570 valence electrons. The van der Waals surface area contributed by atoms with Gasteiger partial charge in [0.15, 0.2) is 11.6 Å². The number of carbonyl (C=O) groups is 8. The number of pyridine rings is 2. The van der Waals surface area contributed by atoms with Crippen molar-refractivity contribution in [2.45, 2.75) is 143 Å². The van der Waals surface area contributed by atoms with E-state index in [2.05, 4.69) is 15.6 Å². The minimum absolute atomic E-state index is 0.00453. The fraction of sp³-hybridized carbons (Fsp3) is 0.579. The molecule has 4 aliphatic rings. The maximum atomic E-state index is 14.0. The van der Waals surface area contributed by atoms with Crippen molar-refractivity contribution in [2.24, 2.45) is 17.8 Å². The Bertz CT molecular complexity index is 3810. The lowest BCUT2D eigenvalue weighted by Crippen LogP contribution is -2.45. The number of ketones is 3. The first-order valence-electron chi connectivity index (χ1n) is 36.5. The molecule has 1 aliphatic carbocycles. The summed E-state index contributed by atoms with van der Waals surface area (Å²) in [5.74, 6) is -2.30. The van der Waals surface area contributed by atoms with E-state index in [1.807, 2.05) is 20.0 Å². The number of imide groups is 1. The van der Waals surface area contributed by atoms with Crippen LogP contribution in [0.4, 0.5) is 10.5 Å². The number of fused-ring (bicyclic) bond motifs is 5. The van der Waals surface area contributed by atoms with Crippen molar-refractivity contribution in [3.8, 4) is 17.1 Å². The second kappa shape index (κ2) is 42.0. The van der Waals surface area contributed by atoms with Crippen molar-refractivity contribution in [1.29, 1.82) is 0 Å². The fourth-order valence-electron chi connectivity index (χ4n) is 13.0. The summed E-state index contributed by atoms with van der Waals surface area (Å²) >= 11 is 0. The predicted octanol–water partition coefficient (Wildman–Crippen LogP) is 7.44. The standard InChI is InChI=1S/C76H99N7O22/c1-4-6-7-9-55(72(90)77-56-17-13-53(14-18-56)48-104-75(93)105-76(3)65-44-67-71-63(47-82(67)73(91)64(65)51-103-74(76)92)61(5-2)62-43-58(84)20-21-66(62)78-71)42-60(86)50-102-49-59(85)10-8-26-94-28-30-96-32-34-98-36-38-100-40-41-101-39-37-99-35-33-97-31-29-95-27-25-81-46-57(79-80-81)19-22-68(87)54-15-11-52(12-16-54)45-83-69(88)23-24-70(83)89/h13-14,17-18,20-21,23-24,43-44,46,52,54-55,84H,4-12,15-16,19,22,25-42,45,47-51H2,1-3H3,(H,77,90). The summed E-state index contributed by atoms with van der Waals surface area (Å²) in [6.45, 7) is 12.0. The Hall–Kier alpha value is -8.52. The number of phenolic OH excluding ortho intramolecular Hbond substituents is 1. The Morgan fingerprint density at radius 2 is 1.31 bits per heavy atom. The number of aryl methyl sites for hydroxylation is 2. The van der Waals surface area contributed by atoms with Gasteiger partial charge < -0.3 is 71.8 Å². The Morgan fingerprint density at radius 1 is 0.695 bits per heavy atom. The summed E-state index contributed by atoms with van der Waals surface area (Å²) < 4.78 is 69.9. The van der Waals surface area contributed by atoms with Crippen molar-refractivity contribution in [3.63, 3.8) is 0 Å². The van der Waals surface area contributed by atoms with Gasteiger partial charge in [0.1, 0.15) is 38.0 Å². The third-order valence-corrected chi connectivity index (χ3v) is 18.8. The van der Waals surface area contributed by atoms with Crippen LogP contribution in [0.3, 0.4) is 0 Å². The largest absolute Gasteiger partial charge is 0.510 e. The van der Waals surface area contributed by atoms with Gasteiger partial charge in [-0.15, -0.1) is 5.10 Å². The van der Waals surface area contributed by atoms with Crippen molar-refractivity contribution in [3.05, 3.63) is 111 Å². The minimum Gasteiger partial charge on any atom is -0.508 e. The molecule has 0 saturated heterocycles. The van der Waals surface area contributed by atoms with Gasteiger partial charge in [0.2, 0.25) is 11.5 Å². The lowest BCUT2D eigenvalue weighted by Gasteiger charge is -2.32. The van der Waals surface area contributed by atoms with Crippen LogP contribution in [0.5, 0.6) is 5.75 Å². The van der Waals surface area contributed by atoms with Crippen LogP contribution in [-0.4, -0.2) is 207 Å². The normalized spacial score (nSPS) is 17.0. The number of cyclic esters (lactones) is 1. The number of hydrogen-bond donors (Lipinski definition) is 2. The van der Waals surface area contributed by atoms with E-state index in [9.17, 15) is 48.3 Å². The summed E-state index contributed by atoms with van der Waals surface area (Å²) in [6, 6.07) is 13.1. The first kappa shape index (κ1) is 80.6. The van der Waals surface area contributed by atoms with E-state index in [-0.39, 0.29) is 110 Å². The molecule has 2 atom stereocenters. The third-order valence-electron chi connectivity index (χ3n) is 18.8. The van der Waals surface area contributed by atoms with Gasteiger partial charge >= 0.3 is 12.1 Å². The number of aromatic nitrogens is 5. The summed E-state index contributed by atoms with van der Waals surface area (Å²) in [5.41, 5.74) is 3.00. The van der Waals surface area contributed by atoms with Crippen LogP contribution in [0.25, 0.3) is 22.3 Å². The molecule has 29 nitrogen and oxygen atoms in total. The van der Waals surface area contributed by atoms with Crippen molar-refractivity contribution in [2.75, 3.05) is 131 Å². The van der Waals surface area contributed by atoms with E-state index in [0.29, 0.717) is 179 Å². The van der Waals surface area contributed by atoms with Gasteiger partial charge in [-0.05, 0) is 105 Å². The zero-order valence-corrected chi connectivity index (χ0v) is 60.4. The molecule has 1 fully saturated rings. The summed E-state index contributed by atoms with van der Waals surface area (Å²) in [6.07, 6.45) is 11.6. The zero-order valence-electron chi connectivity index (χ0n) is 60.4. The molecule has 9 rings (SSSR count). The van der Waals surface area contributed by atoms with Gasteiger partial charge in [-0.3, -0.25) is 38.5 Å². The molecule has 2 unspecified atom stereocenters. The van der Waals surface area contributed by atoms with Gasteiger partial charge in [0.05, 0.1) is 140 Å². The molecule has 2 aromatic carbocycles. The number of anilines is 1. The maximum absolute atomic E-state index is 14.0. The molecule has 0 radical (unpaired) electrons. The second-order valence-electron chi connectivity index (χ2n) is 26.5. The summed E-state index contributed by atoms with van der Waals surface area (Å²) in [4.78, 5) is 123. The molecular formula is C76H99N7O22. The number of carbonyl (C=O) groups excluding carboxylic acids is 8. The van der Waals surface area contributed by atoms with E-state index in [4.69, 9.17) is 61.8 Å². The van der Waals surface area contributed by atoms with Crippen LogP contribution >= 0.6 is 0 Å². The quantitative estimate of drug-likeness (QED) is 0.0213. The monoisotopic (exact) mass is 1460 g/mol. The number of benzene rings is 2. The first-order chi connectivity index (χ1) is 51.0. The number of nitrogens with zero attached hydrogens (tertiary/aromatic N) is 6. The van der Waals surface area contributed by atoms with Crippen LogP contribution in [0.15, 0.2) is 71.7 Å². The Labute approximate surface area is 610 Å². The summed E-state index contributed by atoms with van der Waals surface area (Å²) in [5, 5.41) is 22.2. The Kier molecular flexibility index (Phi) is 32.2. The Balaban J connectivity index is 0.523. The zero-order chi connectivity index (χ0) is 74.3. The molecule has 0 bridgehead atoms. The molecule has 3 amide bonds. The molecule has 105 heavy (non-hydrogen) atoms. The van der Waals surface area contributed by atoms with Crippen molar-refractivity contribution >= 4 is 63.8 Å². The predicted molar refractivity (Wildman–Crippen MR) is 379 cm³/mol. The topological polar surface area (TPSA) is 348 Å². The van der Waals surface area contributed by atoms with E-state index >= 15 is 0 Å². The van der Waals surface area contributed by atoms with Gasteiger partial charge in [-0.25, -0.2) is 19.3 Å². The van der Waals surface area contributed by atoms with Crippen LogP contribution in [0.1, 0.15) is 131 Å². The number of ether oxygens (including phenoxy) is 12. The Morgan fingerprint density at radius 3 is 1.94 bits per heavy atom. The van der Waals surface area contributed by atoms with E-state index in [1.54, 1.807) is 57.8 Å². The van der Waals surface area contributed by atoms with Crippen molar-refractivity contribution < 1.29 is 100 Å². The van der Waals surface area contributed by atoms with Gasteiger partial charge in [0.25, 0.3) is 17.4 Å². The van der Waals surface area contributed by atoms with Gasteiger partial charge in [0, 0.05) is 91.2 Å². The average molecular weight is 1460 g/mol. The van der Waals surface area contributed by atoms with Gasteiger partial charge in [-0.1, -0.05) is 50.5 Å². The number of esters is 1. The highest BCUT2D eigenvalue weighted by Crippen LogP contribution is 2.41. The van der Waals surface area contributed by atoms with E-state index < -0.39 is 29.2 Å². The molecule has 2 N–H and O–H groups in total. The smallest absolute Gasteiger partial charge is 0.508 e. The van der Waals surface area contributed by atoms with E-state index in [1.165, 1.54) is 24.0 Å². The lowest BCUT2D eigenvalue weighted by atomic mass is 9.79. The fourth-order valence-corrected chi connectivity index (χ4v) is 13.0. The highest BCUT2D eigenvalue weighted by molar-refractivity contribution is 6.13. The van der Waals surface area contributed by atoms with Crippen molar-refractivity contribution in [1.82, 2.24) is 29.4 Å². The summed E-state index contributed by atoms with van der Waals surface area (Å²) in [7, 11) is 0. The SMILES string of the molecule is CCCCCC(CC(=O)COCC(=O)CCCOCCOCCOCCOCCOCCOCCOCCOCCn1cc(CCC(=O)C2CCC(CN3C(=O)C=CC3=O)CC2)nn1)C(=O)Nc1ccc(COC(=O)OC2(C)C(=O)OCc3c2cc2n(c3=O)Cc3c-2nc2ccc(O)cc2c3CC)cc1. The molecule has 5 aromatic rings. The molecule has 6 heterocycles. The number of amides is 3. The van der Waals surface area contributed by atoms with Crippen LogP contribution in [0, 0.1) is 17.8 Å². The number of hydrogen-bond acceptors (Lipinski definition) is 25. The molecule has 3 aromatic heterocycles. The van der Waals surface area contributed by atoms with Crippen LogP contribution in [-0.2, 0) is 135 Å². The van der Waals surface area contributed by atoms with Gasteiger partial charge in [-0.2, -0.15) is 0 Å². The molecule has 0 spiro atoms. The molecule has 1 saturated carbocycles. The highest BCUT2D eigenvalue weighted by Gasteiger charge is 2.49. The number of aromatic hydroxyl groups is 1. The number of Topliss-reactive ketones (excluding diaryl/α,β-unsaturated/α-hetero) is 3. The highest BCUT2D eigenvalue weighted by atomic mass is 16.7. The van der Waals surface area contributed by atoms with Crippen LogP contribution in [0.2, 0.25) is 0 Å². The number of nitrogens with one attached hydrogen (secondary N) is 1. The van der Waals surface area contributed by atoms with E-state index in [0.717, 1.165) is 67.2 Å². The third kappa shape index (κ3) is 24.3.